The molecule has 0 aliphatic rings. The molecular weight excluding hydrogens is 254 g/mol. The highest BCUT2D eigenvalue weighted by molar-refractivity contribution is 6.30. The highest BCUT2D eigenvalue weighted by Crippen LogP contribution is 2.18. The summed E-state index contributed by atoms with van der Waals surface area (Å²) in [5.41, 5.74) is 5.23. The normalized spacial score (nSPS) is 11.6. The number of rotatable bonds is 4. The summed E-state index contributed by atoms with van der Waals surface area (Å²) in [7, 11) is 0. The summed E-state index contributed by atoms with van der Waals surface area (Å²) >= 11 is 5.84. The van der Waals surface area contributed by atoms with E-state index in [1.54, 1.807) is 38.1 Å². The number of benzene rings is 1. The van der Waals surface area contributed by atoms with E-state index in [0.29, 0.717) is 22.5 Å². The number of hydrogen-bond donors (Lipinski definition) is 1. The van der Waals surface area contributed by atoms with Gasteiger partial charge in [-0.3, -0.25) is 0 Å². The molecule has 2 N–H and O–H groups in total. The van der Waals surface area contributed by atoms with Crippen molar-refractivity contribution in [3.63, 3.8) is 0 Å². The summed E-state index contributed by atoms with van der Waals surface area (Å²) < 4.78 is 10.5. The lowest BCUT2D eigenvalue weighted by molar-refractivity contribution is 0.242. The standard InChI is InChI=1S/C12H14ClN3O2/c1-12(2,14)11-15-10(18-16-11)7-17-9-5-3-4-8(13)6-9/h3-6H,7,14H2,1-2H3. The van der Waals surface area contributed by atoms with E-state index >= 15 is 0 Å². The van der Waals surface area contributed by atoms with Gasteiger partial charge < -0.3 is 15.0 Å². The minimum absolute atomic E-state index is 0.184. The lowest BCUT2D eigenvalue weighted by atomic mass is 10.1. The van der Waals surface area contributed by atoms with Crippen LogP contribution in [-0.4, -0.2) is 10.1 Å². The van der Waals surface area contributed by atoms with Crippen molar-refractivity contribution in [1.29, 1.82) is 0 Å². The van der Waals surface area contributed by atoms with Crippen LogP contribution in [0, 0.1) is 0 Å². The van der Waals surface area contributed by atoms with Crippen molar-refractivity contribution in [2.75, 3.05) is 0 Å². The fourth-order valence-electron chi connectivity index (χ4n) is 1.28. The van der Waals surface area contributed by atoms with Gasteiger partial charge in [-0.25, -0.2) is 0 Å². The minimum Gasteiger partial charge on any atom is -0.484 e. The third kappa shape index (κ3) is 3.21. The summed E-state index contributed by atoms with van der Waals surface area (Å²) in [6.45, 7) is 3.79. The van der Waals surface area contributed by atoms with Gasteiger partial charge in [-0.05, 0) is 32.0 Å². The Labute approximate surface area is 110 Å². The second kappa shape index (κ2) is 4.96. The Bertz CT molecular complexity index is 534. The van der Waals surface area contributed by atoms with Crippen LogP contribution in [0.1, 0.15) is 25.6 Å². The smallest absolute Gasteiger partial charge is 0.264 e. The number of halogens is 1. The Morgan fingerprint density at radius 3 is 2.83 bits per heavy atom. The maximum Gasteiger partial charge on any atom is 0.264 e. The quantitative estimate of drug-likeness (QED) is 0.921. The van der Waals surface area contributed by atoms with E-state index in [1.807, 2.05) is 0 Å². The van der Waals surface area contributed by atoms with E-state index in [9.17, 15) is 0 Å². The van der Waals surface area contributed by atoms with Gasteiger partial charge in [0.15, 0.2) is 12.4 Å². The number of nitrogens with zero attached hydrogens (tertiary/aromatic N) is 2. The summed E-state index contributed by atoms with van der Waals surface area (Å²) in [4.78, 5) is 4.16. The molecule has 0 atom stereocenters. The van der Waals surface area contributed by atoms with Gasteiger partial charge in [0.25, 0.3) is 5.89 Å². The topological polar surface area (TPSA) is 74.2 Å². The van der Waals surface area contributed by atoms with Crippen LogP contribution >= 0.6 is 11.6 Å². The molecule has 0 aliphatic carbocycles. The average Bonchev–Trinajstić information content (AvgIpc) is 2.74. The molecule has 0 radical (unpaired) electrons. The zero-order valence-electron chi connectivity index (χ0n) is 10.2. The predicted molar refractivity (Wildman–Crippen MR) is 67.3 cm³/mol. The first-order valence-electron chi connectivity index (χ1n) is 5.45. The van der Waals surface area contributed by atoms with Gasteiger partial charge in [-0.15, -0.1) is 0 Å². The van der Waals surface area contributed by atoms with Gasteiger partial charge >= 0.3 is 0 Å². The molecule has 0 amide bonds. The van der Waals surface area contributed by atoms with Crippen LogP contribution in [0.25, 0.3) is 0 Å². The van der Waals surface area contributed by atoms with Gasteiger partial charge in [0.05, 0.1) is 5.54 Å². The second-order valence-corrected chi connectivity index (χ2v) is 4.92. The van der Waals surface area contributed by atoms with Gasteiger partial charge in [0.2, 0.25) is 0 Å². The molecular formula is C12H14ClN3O2. The van der Waals surface area contributed by atoms with Crippen LogP contribution in [0.15, 0.2) is 28.8 Å². The maximum absolute atomic E-state index is 5.85. The van der Waals surface area contributed by atoms with Gasteiger partial charge in [-0.2, -0.15) is 4.98 Å². The van der Waals surface area contributed by atoms with E-state index in [-0.39, 0.29) is 6.61 Å². The Balaban J connectivity index is 2.01. The zero-order chi connectivity index (χ0) is 13.2. The number of hydrogen-bond acceptors (Lipinski definition) is 5. The fraction of sp³-hybridized carbons (Fsp3) is 0.333. The molecule has 0 aliphatic heterocycles. The van der Waals surface area contributed by atoms with E-state index in [1.165, 1.54) is 0 Å². The molecule has 0 saturated carbocycles. The van der Waals surface area contributed by atoms with E-state index < -0.39 is 5.54 Å². The van der Waals surface area contributed by atoms with Crippen molar-refractivity contribution in [2.24, 2.45) is 5.73 Å². The lowest BCUT2D eigenvalue weighted by Gasteiger charge is -2.11. The fourth-order valence-corrected chi connectivity index (χ4v) is 1.46. The molecule has 0 unspecified atom stereocenters. The van der Waals surface area contributed by atoms with Gasteiger partial charge in [0, 0.05) is 5.02 Å². The van der Waals surface area contributed by atoms with E-state index in [4.69, 9.17) is 26.6 Å². The molecule has 0 spiro atoms. The first-order chi connectivity index (χ1) is 8.45. The molecule has 1 heterocycles. The van der Waals surface area contributed by atoms with Crippen molar-refractivity contribution in [3.05, 3.63) is 41.0 Å². The summed E-state index contributed by atoms with van der Waals surface area (Å²) in [5.74, 6) is 1.48. The molecule has 0 fully saturated rings. The molecule has 6 heteroatoms. The Hall–Kier alpha value is -1.59. The summed E-state index contributed by atoms with van der Waals surface area (Å²) in [6.07, 6.45) is 0. The predicted octanol–water partition coefficient (Wildman–Crippen LogP) is 2.50. The molecule has 0 bridgehead atoms. The minimum atomic E-state index is -0.627. The lowest BCUT2D eigenvalue weighted by Crippen LogP contribution is -2.30. The Kier molecular flexibility index (Phi) is 3.54. The van der Waals surface area contributed by atoms with E-state index in [0.717, 1.165) is 0 Å². The van der Waals surface area contributed by atoms with Crippen molar-refractivity contribution < 1.29 is 9.26 Å². The third-order valence-electron chi connectivity index (χ3n) is 2.20. The molecule has 18 heavy (non-hydrogen) atoms. The molecule has 96 valence electrons. The molecule has 0 saturated heterocycles. The largest absolute Gasteiger partial charge is 0.484 e. The third-order valence-corrected chi connectivity index (χ3v) is 2.44. The van der Waals surface area contributed by atoms with Crippen LogP contribution in [0.4, 0.5) is 0 Å². The summed E-state index contributed by atoms with van der Waals surface area (Å²) in [6, 6.07) is 7.10. The van der Waals surface area contributed by atoms with Crippen LogP contribution in [0.3, 0.4) is 0 Å². The molecule has 2 aromatic rings. The van der Waals surface area contributed by atoms with Crippen LogP contribution in [0.2, 0.25) is 5.02 Å². The second-order valence-electron chi connectivity index (χ2n) is 4.48. The first kappa shape index (κ1) is 12.9. The molecule has 5 nitrogen and oxygen atoms in total. The van der Waals surface area contributed by atoms with Crippen molar-refractivity contribution in [1.82, 2.24) is 10.1 Å². The number of nitrogens with two attached hydrogens (primary N) is 1. The van der Waals surface area contributed by atoms with Gasteiger partial charge in [0.1, 0.15) is 5.75 Å². The van der Waals surface area contributed by atoms with Crippen molar-refractivity contribution in [2.45, 2.75) is 26.0 Å². The summed E-state index contributed by atoms with van der Waals surface area (Å²) in [5, 5.41) is 4.41. The number of aromatic nitrogens is 2. The zero-order valence-corrected chi connectivity index (χ0v) is 10.9. The van der Waals surface area contributed by atoms with Crippen LogP contribution in [-0.2, 0) is 12.1 Å². The van der Waals surface area contributed by atoms with E-state index in [2.05, 4.69) is 10.1 Å². The van der Waals surface area contributed by atoms with Gasteiger partial charge in [-0.1, -0.05) is 22.8 Å². The maximum atomic E-state index is 5.85. The van der Waals surface area contributed by atoms with Crippen LogP contribution in [0.5, 0.6) is 5.75 Å². The number of ether oxygens (including phenoxy) is 1. The molecule has 2 rings (SSSR count). The Morgan fingerprint density at radius 2 is 2.22 bits per heavy atom. The Morgan fingerprint density at radius 1 is 1.44 bits per heavy atom. The molecule has 1 aromatic heterocycles. The molecule has 1 aromatic carbocycles. The highest BCUT2D eigenvalue weighted by atomic mass is 35.5. The first-order valence-corrected chi connectivity index (χ1v) is 5.83. The van der Waals surface area contributed by atoms with Crippen LogP contribution < -0.4 is 10.5 Å². The van der Waals surface area contributed by atoms with Crippen molar-refractivity contribution in [3.8, 4) is 5.75 Å². The van der Waals surface area contributed by atoms with Crippen molar-refractivity contribution >= 4 is 11.6 Å². The average molecular weight is 268 g/mol. The monoisotopic (exact) mass is 267 g/mol. The highest BCUT2D eigenvalue weighted by Gasteiger charge is 2.21. The SMILES string of the molecule is CC(C)(N)c1noc(COc2cccc(Cl)c2)n1.